The molecule has 0 radical (unpaired) electrons. The second-order valence-corrected chi connectivity index (χ2v) is 4.15. The summed E-state index contributed by atoms with van der Waals surface area (Å²) in [6, 6.07) is 0. The van der Waals surface area contributed by atoms with Gasteiger partial charge in [-0.3, -0.25) is 0 Å². The van der Waals surface area contributed by atoms with Crippen molar-refractivity contribution in [3.63, 3.8) is 0 Å². The predicted octanol–water partition coefficient (Wildman–Crippen LogP) is 4.36. The van der Waals surface area contributed by atoms with E-state index in [1.54, 1.807) is 0 Å². The summed E-state index contributed by atoms with van der Waals surface area (Å²) in [5, 5.41) is 0.0771. The largest absolute Gasteiger partial charge is 0.411 e. The van der Waals surface area contributed by atoms with Crippen LogP contribution in [-0.4, -0.2) is 22.8 Å². The summed E-state index contributed by atoms with van der Waals surface area (Å²) in [5.74, 6) is 0.0417. The molecule has 0 spiro atoms. The zero-order valence-corrected chi connectivity index (χ0v) is 12.1. The molecule has 0 aliphatic heterocycles. The van der Waals surface area contributed by atoms with E-state index in [1.165, 1.54) is 6.20 Å². The topological polar surface area (TPSA) is 35.0 Å². The number of aromatic nitrogens is 2. The molecule has 110 valence electrons. The van der Waals surface area contributed by atoms with E-state index < -0.39 is 12.8 Å². The molecule has 0 amide bonds. The first-order valence-corrected chi connectivity index (χ1v) is 6.33. The quantitative estimate of drug-likeness (QED) is 0.775. The number of hydrogen-bond donors (Lipinski definition) is 0. The van der Waals surface area contributed by atoms with Crippen molar-refractivity contribution >= 4 is 11.6 Å². The molecule has 1 heterocycles. The minimum absolute atomic E-state index is 0.0417. The zero-order valence-electron chi connectivity index (χ0n) is 11.4. The molecule has 19 heavy (non-hydrogen) atoms. The Morgan fingerprint density at radius 1 is 1.32 bits per heavy atom. The molecule has 0 bridgehead atoms. The van der Waals surface area contributed by atoms with Crippen LogP contribution in [-0.2, 0) is 11.3 Å². The maximum absolute atomic E-state index is 11.9. The molecule has 0 saturated carbocycles. The van der Waals surface area contributed by atoms with Gasteiger partial charge in [-0.25, -0.2) is 9.97 Å². The fraction of sp³-hybridized carbons (Fsp3) is 0.667. The lowest BCUT2D eigenvalue weighted by atomic mass is 10.1. The number of hydrogen-bond acceptors (Lipinski definition) is 3. The first kappa shape index (κ1) is 18.1. The third-order valence-electron chi connectivity index (χ3n) is 1.94. The molecule has 0 aromatic carbocycles. The Hall–Kier alpha value is -0.880. The van der Waals surface area contributed by atoms with Crippen molar-refractivity contribution in [2.75, 3.05) is 6.61 Å². The molecule has 1 rings (SSSR count). The zero-order chi connectivity index (χ0) is 15.1. The lowest BCUT2D eigenvalue weighted by Crippen LogP contribution is -2.17. The van der Waals surface area contributed by atoms with E-state index in [4.69, 9.17) is 11.6 Å². The fourth-order valence-corrected chi connectivity index (χ4v) is 1.43. The minimum Gasteiger partial charge on any atom is -0.367 e. The highest BCUT2D eigenvalue weighted by molar-refractivity contribution is 6.28. The maximum atomic E-state index is 11.9. The Bertz CT molecular complexity index is 384. The van der Waals surface area contributed by atoms with Gasteiger partial charge in [-0.2, -0.15) is 13.2 Å². The lowest BCUT2D eigenvalue weighted by Gasteiger charge is -2.12. The van der Waals surface area contributed by atoms with Gasteiger partial charge in [0.2, 0.25) is 5.28 Å². The summed E-state index contributed by atoms with van der Waals surface area (Å²) in [4.78, 5) is 7.71. The summed E-state index contributed by atoms with van der Waals surface area (Å²) in [6.45, 7) is 6.27. The second-order valence-electron chi connectivity index (χ2n) is 3.81. The summed E-state index contributed by atoms with van der Waals surface area (Å²) < 4.78 is 40.3. The molecule has 0 N–H and O–H groups in total. The molecule has 3 nitrogen and oxygen atoms in total. The van der Waals surface area contributed by atoms with Crippen LogP contribution >= 0.6 is 11.6 Å². The van der Waals surface area contributed by atoms with Crippen molar-refractivity contribution in [3.05, 3.63) is 22.7 Å². The molecule has 0 aliphatic rings. The predicted molar refractivity (Wildman–Crippen MR) is 68.2 cm³/mol. The van der Waals surface area contributed by atoms with Gasteiger partial charge in [-0.15, -0.1) is 0 Å². The van der Waals surface area contributed by atoms with Gasteiger partial charge < -0.3 is 4.74 Å². The molecule has 0 atom stereocenters. The van der Waals surface area contributed by atoms with E-state index in [9.17, 15) is 13.2 Å². The third-order valence-corrected chi connectivity index (χ3v) is 2.12. The van der Waals surface area contributed by atoms with E-state index >= 15 is 0 Å². The van der Waals surface area contributed by atoms with Crippen molar-refractivity contribution in [2.45, 2.75) is 46.4 Å². The van der Waals surface area contributed by atoms with Crippen LogP contribution in [0.3, 0.4) is 0 Å². The highest BCUT2D eigenvalue weighted by Crippen LogP contribution is 2.20. The van der Waals surface area contributed by atoms with Crippen LogP contribution in [0.1, 0.15) is 44.9 Å². The minimum atomic E-state index is -4.33. The first-order chi connectivity index (χ1) is 8.79. The average molecular weight is 299 g/mol. The van der Waals surface area contributed by atoms with E-state index in [-0.39, 0.29) is 17.8 Å². The van der Waals surface area contributed by atoms with E-state index in [0.717, 1.165) is 0 Å². The van der Waals surface area contributed by atoms with Crippen molar-refractivity contribution in [3.8, 4) is 0 Å². The Balaban J connectivity index is 0.00000154. The molecule has 1 aromatic heterocycles. The third kappa shape index (κ3) is 7.32. The summed E-state index contributed by atoms with van der Waals surface area (Å²) in [7, 11) is 0. The maximum Gasteiger partial charge on any atom is 0.411 e. The van der Waals surface area contributed by atoms with E-state index in [1.807, 2.05) is 27.7 Å². The summed E-state index contributed by atoms with van der Waals surface area (Å²) >= 11 is 5.62. The van der Waals surface area contributed by atoms with Crippen molar-refractivity contribution in [1.29, 1.82) is 0 Å². The number of nitrogens with zero attached hydrogens (tertiary/aromatic N) is 2. The average Bonchev–Trinajstić information content (AvgIpc) is 2.32. The van der Waals surface area contributed by atoms with Gasteiger partial charge in [0.15, 0.2) is 0 Å². The smallest absolute Gasteiger partial charge is 0.367 e. The number of alkyl halides is 3. The highest BCUT2D eigenvalue weighted by atomic mass is 35.5. The molecular weight excluding hydrogens is 281 g/mol. The van der Waals surface area contributed by atoms with Crippen LogP contribution in [0.5, 0.6) is 0 Å². The SMILES string of the molecule is CC.CC(C)c1nc(Cl)ncc1COCC(F)(F)F. The van der Waals surface area contributed by atoms with Gasteiger partial charge >= 0.3 is 6.18 Å². The van der Waals surface area contributed by atoms with Crippen LogP contribution in [0.2, 0.25) is 5.28 Å². The number of rotatable bonds is 4. The lowest BCUT2D eigenvalue weighted by molar-refractivity contribution is -0.176. The molecule has 0 fully saturated rings. The van der Waals surface area contributed by atoms with Crippen LogP contribution in [0, 0.1) is 0 Å². The Morgan fingerprint density at radius 3 is 2.37 bits per heavy atom. The Kier molecular flexibility index (Phi) is 7.94. The first-order valence-electron chi connectivity index (χ1n) is 5.95. The number of ether oxygens (including phenoxy) is 1. The van der Waals surface area contributed by atoms with Gasteiger partial charge in [0, 0.05) is 11.8 Å². The Labute approximate surface area is 116 Å². The second kappa shape index (κ2) is 8.32. The van der Waals surface area contributed by atoms with Crippen LogP contribution in [0.25, 0.3) is 0 Å². The molecule has 0 unspecified atom stereocenters. The monoisotopic (exact) mass is 298 g/mol. The summed E-state index contributed by atoms with van der Waals surface area (Å²) in [6.07, 6.45) is -2.94. The number of halogens is 4. The van der Waals surface area contributed by atoms with E-state index in [0.29, 0.717) is 11.3 Å². The molecule has 7 heteroatoms. The summed E-state index contributed by atoms with van der Waals surface area (Å²) in [5.41, 5.74) is 1.13. The highest BCUT2D eigenvalue weighted by Gasteiger charge is 2.27. The fourth-order valence-electron chi connectivity index (χ4n) is 1.29. The molecular formula is C12H18ClF3N2O. The van der Waals surface area contributed by atoms with Crippen LogP contribution in [0.15, 0.2) is 6.20 Å². The van der Waals surface area contributed by atoms with Crippen LogP contribution < -0.4 is 0 Å². The normalized spacial score (nSPS) is 11.2. The van der Waals surface area contributed by atoms with Gasteiger partial charge in [-0.1, -0.05) is 27.7 Å². The van der Waals surface area contributed by atoms with Gasteiger partial charge in [-0.05, 0) is 17.5 Å². The van der Waals surface area contributed by atoms with Crippen LogP contribution in [0.4, 0.5) is 13.2 Å². The molecule has 0 saturated heterocycles. The molecule has 1 aromatic rings. The Morgan fingerprint density at radius 2 is 1.89 bits per heavy atom. The van der Waals surface area contributed by atoms with Gasteiger partial charge in [0.05, 0.1) is 12.3 Å². The van der Waals surface area contributed by atoms with Crippen molar-refractivity contribution in [2.24, 2.45) is 0 Å². The van der Waals surface area contributed by atoms with E-state index in [2.05, 4.69) is 14.7 Å². The van der Waals surface area contributed by atoms with Gasteiger partial charge in [0.1, 0.15) is 6.61 Å². The standard InChI is InChI=1S/C10H12ClF3N2O.C2H6/c1-6(2)8-7(3-15-9(11)16-8)4-17-5-10(12,13)14;1-2/h3,6H,4-5H2,1-2H3;1-2H3. The van der Waals surface area contributed by atoms with Crippen molar-refractivity contribution in [1.82, 2.24) is 9.97 Å². The molecule has 0 aliphatic carbocycles. The van der Waals surface area contributed by atoms with Crippen molar-refractivity contribution < 1.29 is 17.9 Å². The van der Waals surface area contributed by atoms with Gasteiger partial charge in [0.25, 0.3) is 0 Å².